The topological polar surface area (TPSA) is 29.1 Å². The van der Waals surface area contributed by atoms with Gasteiger partial charge < -0.3 is 5.32 Å². The first kappa shape index (κ1) is 8.13. The minimum absolute atomic E-state index is 0.0496. The Kier molecular flexibility index (Phi) is 1.88. The van der Waals surface area contributed by atoms with Crippen molar-refractivity contribution in [2.24, 2.45) is 0 Å². The Morgan fingerprint density at radius 1 is 1.50 bits per heavy atom. The predicted molar refractivity (Wildman–Crippen MR) is 54.5 cm³/mol. The zero-order valence-electron chi connectivity index (χ0n) is 6.04. The van der Waals surface area contributed by atoms with Crippen LogP contribution in [0.15, 0.2) is 22.7 Å². The van der Waals surface area contributed by atoms with E-state index < -0.39 is 0 Å². The number of rotatable bonds is 0. The van der Waals surface area contributed by atoms with Crippen molar-refractivity contribution in [2.45, 2.75) is 5.25 Å². The Bertz CT molecular complexity index is 353. The average Bonchev–Trinajstić information content (AvgIpc) is 2.28. The van der Waals surface area contributed by atoms with Gasteiger partial charge in [0.25, 0.3) is 0 Å². The highest BCUT2D eigenvalue weighted by molar-refractivity contribution is 9.10. The van der Waals surface area contributed by atoms with Crippen LogP contribution in [0.5, 0.6) is 0 Å². The molecule has 0 fully saturated rings. The van der Waals surface area contributed by atoms with E-state index in [9.17, 15) is 4.79 Å². The van der Waals surface area contributed by atoms with Crippen molar-refractivity contribution in [3.05, 3.63) is 28.2 Å². The molecule has 0 aliphatic carbocycles. The molecule has 1 aliphatic heterocycles. The molecular formula is C8H6BrNOS. The molecule has 0 aromatic heterocycles. The summed E-state index contributed by atoms with van der Waals surface area (Å²) in [5.41, 5.74) is 1.81. The van der Waals surface area contributed by atoms with Crippen molar-refractivity contribution in [2.75, 3.05) is 5.32 Å². The molecule has 0 saturated carbocycles. The summed E-state index contributed by atoms with van der Waals surface area (Å²) >= 11 is 7.50. The quantitative estimate of drug-likeness (QED) is 0.674. The Balaban J connectivity index is 2.54. The summed E-state index contributed by atoms with van der Waals surface area (Å²) in [5, 5.41) is 2.43. The summed E-state index contributed by atoms with van der Waals surface area (Å²) in [4.78, 5) is 11.1. The number of anilines is 1. The van der Waals surface area contributed by atoms with E-state index in [0.29, 0.717) is 0 Å². The molecule has 12 heavy (non-hydrogen) atoms. The van der Waals surface area contributed by atoms with Gasteiger partial charge in [0.05, 0.1) is 0 Å². The zero-order chi connectivity index (χ0) is 8.72. The third-order valence-electron chi connectivity index (χ3n) is 1.82. The number of hydrogen-bond acceptors (Lipinski definition) is 2. The van der Waals surface area contributed by atoms with Crippen LogP contribution < -0.4 is 5.32 Å². The third kappa shape index (κ3) is 1.15. The Morgan fingerprint density at radius 2 is 2.25 bits per heavy atom. The molecule has 1 unspecified atom stereocenters. The number of fused-ring (bicyclic) bond motifs is 1. The van der Waals surface area contributed by atoms with Gasteiger partial charge in [0, 0.05) is 10.2 Å². The maximum absolute atomic E-state index is 11.1. The van der Waals surface area contributed by atoms with E-state index in [0.717, 1.165) is 15.7 Å². The van der Waals surface area contributed by atoms with Gasteiger partial charge in [0.15, 0.2) is 0 Å². The molecule has 0 bridgehead atoms. The molecule has 4 heteroatoms. The normalized spacial score (nSPS) is 20.5. The van der Waals surface area contributed by atoms with Gasteiger partial charge in [-0.15, -0.1) is 0 Å². The van der Waals surface area contributed by atoms with Crippen molar-refractivity contribution in [3.8, 4) is 0 Å². The molecule has 0 radical (unpaired) electrons. The predicted octanol–water partition coefficient (Wildman–Crippen LogP) is 2.37. The summed E-state index contributed by atoms with van der Waals surface area (Å²) < 4.78 is 0.962. The number of carbonyl (C=O) groups is 1. The second-order valence-electron chi connectivity index (χ2n) is 2.62. The van der Waals surface area contributed by atoms with E-state index >= 15 is 0 Å². The molecule has 1 aliphatic rings. The van der Waals surface area contributed by atoms with E-state index in [1.807, 2.05) is 18.2 Å². The lowest BCUT2D eigenvalue weighted by atomic mass is 10.2. The Hall–Kier alpha value is -0.480. The molecule has 0 spiro atoms. The van der Waals surface area contributed by atoms with Gasteiger partial charge >= 0.3 is 0 Å². The van der Waals surface area contributed by atoms with Crippen LogP contribution in [0.2, 0.25) is 0 Å². The first-order valence-corrected chi connectivity index (χ1v) is 4.78. The number of benzene rings is 1. The summed E-state index contributed by atoms with van der Waals surface area (Å²) in [6, 6.07) is 5.68. The lowest BCUT2D eigenvalue weighted by Gasteiger charge is -1.99. The van der Waals surface area contributed by atoms with Crippen molar-refractivity contribution >= 4 is 40.2 Å². The highest BCUT2D eigenvalue weighted by Crippen LogP contribution is 2.36. The van der Waals surface area contributed by atoms with Gasteiger partial charge in [0.2, 0.25) is 5.91 Å². The number of thiol groups is 1. The smallest absolute Gasteiger partial charge is 0.241 e. The number of nitrogens with one attached hydrogen (secondary N) is 1. The molecular weight excluding hydrogens is 238 g/mol. The first-order chi connectivity index (χ1) is 5.68. The maximum atomic E-state index is 11.1. The van der Waals surface area contributed by atoms with Crippen molar-refractivity contribution in [1.82, 2.24) is 0 Å². The molecule has 2 nitrogen and oxygen atoms in total. The first-order valence-electron chi connectivity index (χ1n) is 3.47. The van der Waals surface area contributed by atoms with E-state index in [2.05, 4.69) is 33.9 Å². The van der Waals surface area contributed by atoms with Crippen LogP contribution in [0.1, 0.15) is 10.8 Å². The minimum atomic E-state index is -0.312. The molecule has 1 aromatic rings. The van der Waals surface area contributed by atoms with Crippen LogP contribution in [0.25, 0.3) is 0 Å². The van der Waals surface area contributed by atoms with E-state index in [4.69, 9.17) is 0 Å². The second kappa shape index (κ2) is 2.78. The highest BCUT2D eigenvalue weighted by atomic mass is 79.9. The summed E-state index contributed by atoms with van der Waals surface area (Å²) in [6.07, 6.45) is 0. The van der Waals surface area contributed by atoms with Crippen LogP contribution in [0.3, 0.4) is 0 Å². The standard InChI is InChI=1S/C8H6BrNOS/c9-4-1-2-5-6(3-4)10-8(11)7(5)12/h1-3,7,12H,(H,10,11). The average molecular weight is 244 g/mol. The molecule has 2 rings (SSSR count). The Morgan fingerprint density at radius 3 is 3.00 bits per heavy atom. The van der Waals surface area contributed by atoms with Crippen LogP contribution in [-0.2, 0) is 4.79 Å². The molecule has 1 N–H and O–H groups in total. The second-order valence-corrected chi connectivity index (χ2v) is 4.06. The van der Waals surface area contributed by atoms with Crippen molar-refractivity contribution in [3.63, 3.8) is 0 Å². The minimum Gasteiger partial charge on any atom is -0.324 e. The summed E-state index contributed by atoms with van der Waals surface area (Å²) in [5.74, 6) is -0.0496. The largest absolute Gasteiger partial charge is 0.324 e. The van der Waals surface area contributed by atoms with Gasteiger partial charge in [-0.25, -0.2) is 0 Å². The maximum Gasteiger partial charge on any atom is 0.241 e. The lowest BCUT2D eigenvalue weighted by molar-refractivity contribution is -0.115. The van der Waals surface area contributed by atoms with Gasteiger partial charge in [-0.1, -0.05) is 22.0 Å². The molecule has 1 atom stereocenters. The monoisotopic (exact) mass is 243 g/mol. The van der Waals surface area contributed by atoms with Gasteiger partial charge in [-0.2, -0.15) is 12.6 Å². The zero-order valence-corrected chi connectivity index (χ0v) is 8.52. The van der Waals surface area contributed by atoms with E-state index in [1.54, 1.807) is 0 Å². The van der Waals surface area contributed by atoms with Crippen molar-refractivity contribution < 1.29 is 4.79 Å². The third-order valence-corrected chi connectivity index (χ3v) is 2.82. The number of hydrogen-bond donors (Lipinski definition) is 2. The molecule has 1 amide bonds. The van der Waals surface area contributed by atoms with Crippen LogP contribution >= 0.6 is 28.6 Å². The Labute approximate surface area is 83.9 Å². The molecule has 1 aromatic carbocycles. The highest BCUT2D eigenvalue weighted by Gasteiger charge is 2.26. The van der Waals surface area contributed by atoms with Crippen LogP contribution in [0.4, 0.5) is 5.69 Å². The SMILES string of the molecule is O=C1Nc2cc(Br)ccc2C1S. The molecule has 0 saturated heterocycles. The molecule has 1 heterocycles. The van der Waals surface area contributed by atoms with Crippen molar-refractivity contribution in [1.29, 1.82) is 0 Å². The summed E-state index contributed by atoms with van der Waals surface area (Å²) in [6.45, 7) is 0. The fraction of sp³-hybridized carbons (Fsp3) is 0.125. The lowest BCUT2D eigenvalue weighted by Crippen LogP contribution is -2.06. The van der Waals surface area contributed by atoms with Gasteiger partial charge in [0.1, 0.15) is 5.25 Å². The van der Waals surface area contributed by atoms with E-state index in [-0.39, 0.29) is 11.2 Å². The van der Waals surface area contributed by atoms with Gasteiger partial charge in [-0.05, 0) is 17.7 Å². The number of carbonyl (C=O) groups excluding carboxylic acids is 1. The van der Waals surface area contributed by atoms with Gasteiger partial charge in [-0.3, -0.25) is 4.79 Å². The number of amides is 1. The fourth-order valence-electron chi connectivity index (χ4n) is 1.22. The van der Waals surface area contributed by atoms with Crippen LogP contribution in [-0.4, -0.2) is 5.91 Å². The van der Waals surface area contributed by atoms with E-state index in [1.165, 1.54) is 0 Å². The van der Waals surface area contributed by atoms with Crippen LogP contribution in [0, 0.1) is 0 Å². The molecule has 62 valence electrons. The summed E-state index contributed by atoms with van der Waals surface area (Å²) in [7, 11) is 0. The fourth-order valence-corrected chi connectivity index (χ4v) is 1.87. The number of halogens is 1.